The van der Waals surface area contributed by atoms with Crippen LogP contribution in [0.5, 0.6) is 0 Å². The van der Waals surface area contributed by atoms with Gasteiger partial charge in [-0.2, -0.15) is 5.26 Å². The quantitative estimate of drug-likeness (QED) is 0.907. The lowest BCUT2D eigenvalue weighted by Crippen LogP contribution is -2.10. The van der Waals surface area contributed by atoms with Crippen LogP contribution < -0.4 is 5.32 Å². The van der Waals surface area contributed by atoms with Crippen LogP contribution in [0.2, 0.25) is 0 Å². The molecule has 2 aromatic rings. The summed E-state index contributed by atoms with van der Waals surface area (Å²) in [6.45, 7) is 1.72. The predicted molar refractivity (Wildman–Crippen MR) is 80.2 cm³/mol. The van der Waals surface area contributed by atoms with Crippen LogP contribution >= 0.6 is 11.3 Å². The minimum Gasteiger partial charge on any atom is -0.380 e. The first-order valence-electron chi connectivity index (χ1n) is 6.14. The number of hydrogen-bond acceptors (Lipinski definition) is 4. The van der Waals surface area contributed by atoms with Crippen molar-refractivity contribution < 1.29 is 0 Å². The van der Waals surface area contributed by atoms with Crippen LogP contribution in [0.1, 0.15) is 15.3 Å². The molecule has 2 rings (SSSR count). The van der Waals surface area contributed by atoms with E-state index >= 15 is 0 Å². The second-order valence-electron chi connectivity index (χ2n) is 4.67. The average Bonchev–Trinajstić information content (AvgIpc) is 2.85. The summed E-state index contributed by atoms with van der Waals surface area (Å²) in [5.74, 6) is 0. The summed E-state index contributed by atoms with van der Waals surface area (Å²) >= 11 is 1.53. The molecule has 0 amide bonds. The molecule has 1 aromatic heterocycles. The van der Waals surface area contributed by atoms with Crippen molar-refractivity contribution in [2.45, 2.75) is 13.1 Å². The van der Waals surface area contributed by atoms with Crippen molar-refractivity contribution in [2.24, 2.45) is 0 Å². The number of nitrogens with one attached hydrogen (secondary N) is 1. The second-order valence-corrected chi connectivity index (χ2v) is 5.83. The van der Waals surface area contributed by atoms with Crippen LogP contribution in [0.25, 0.3) is 0 Å². The Morgan fingerprint density at radius 3 is 2.47 bits per heavy atom. The number of hydrogen-bond donors (Lipinski definition) is 1. The number of nitriles is 1. The normalized spacial score (nSPS) is 10.4. The highest BCUT2D eigenvalue weighted by molar-refractivity contribution is 7.12. The molecule has 1 aromatic carbocycles. The maximum atomic E-state index is 8.77. The van der Waals surface area contributed by atoms with Gasteiger partial charge in [0.2, 0.25) is 0 Å². The van der Waals surface area contributed by atoms with Crippen LogP contribution in [-0.2, 0) is 13.1 Å². The van der Waals surface area contributed by atoms with Gasteiger partial charge in [-0.1, -0.05) is 12.1 Å². The molecule has 0 aliphatic rings. The number of rotatable bonds is 5. The Morgan fingerprint density at radius 1 is 1.16 bits per heavy atom. The summed E-state index contributed by atoms with van der Waals surface area (Å²) in [7, 11) is 4.13. The van der Waals surface area contributed by atoms with Gasteiger partial charge in [0.25, 0.3) is 0 Å². The third-order valence-electron chi connectivity index (χ3n) is 2.69. The van der Waals surface area contributed by atoms with Crippen molar-refractivity contribution in [3.05, 3.63) is 51.7 Å². The van der Waals surface area contributed by atoms with Crippen molar-refractivity contribution in [3.63, 3.8) is 0 Å². The molecule has 0 radical (unpaired) electrons. The molecule has 98 valence electrons. The van der Waals surface area contributed by atoms with Gasteiger partial charge in [0, 0.05) is 23.7 Å². The largest absolute Gasteiger partial charge is 0.380 e. The lowest BCUT2D eigenvalue weighted by molar-refractivity contribution is 0.402. The van der Waals surface area contributed by atoms with Gasteiger partial charge in [-0.3, -0.25) is 0 Å². The van der Waals surface area contributed by atoms with E-state index in [-0.39, 0.29) is 0 Å². The minimum atomic E-state index is 0.762. The Kier molecular flexibility index (Phi) is 4.56. The maximum Gasteiger partial charge on any atom is 0.110 e. The molecule has 3 nitrogen and oxygen atoms in total. The third-order valence-corrected chi connectivity index (χ3v) is 3.68. The topological polar surface area (TPSA) is 39.1 Å². The smallest absolute Gasteiger partial charge is 0.110 e. The summed E-state index contributed by atoms with van der Waals surface area (Å²) < 4.78 is 0. The van der Waals surface area contributed by atoms with Crippen molar-refractivity contribution in [2.75, 3.05) is 19.4 Å². The van der Waals surface area contributed by atoms with Gasteiger partial charge in [0.15, 0.2) is 0 Å². The number of nitrogens with zero attached hydrogens (tertiary/aromatic N) is 2. The molecule has 1 N–H and O–H groups in total. The lowest BCUT2D eigenvalue weighted by Gasteiger charge is -2.10. The molecule has 19 heavy (non-hydrogen) atoms. The van der Waals surface area contributed by atoms with E-state index in [4.69, 9.17) is 5.26 Å². The predicted octanol–water partition coefficient (Wildman–Crippen LogP) is 3.29. The van der Waals surface area contributed by atoms with E-state index in [1.807, 2.05) is 12.1 Å². The zero-order valence-corrected chi connectivity index (χ0v) is 12.0. The molecule has 1 heterocycles. The van der Waals surface area contributed by atoms with Crippen molar-refractivity contribution in [1.82, 2.24) is 4.90 Å². The van der Waals surface area contributed by atoms with E-state index < -0.39 is 0 Å². The van der Waals surface area contributed by atoms with Gasteiger partial charge in [0.1, 0.15) is 10.9 Å². The molecule has 0 aliphatic carbocycles. The molecule has 4 heteroatoms. The van der Waals surface area contributed by atoms with Crippen LogP contribution in [0, 0.1) is 11.3 Å². The Hall–Kier alpha value is -1.83. The summed E-state index contributed by atoms with van der Waals surface area (Å²) in [4.78, 5) is 4.09. The summed E-state index contributed by atoms with van der Waals surface area (Å²) in [6, 6.07) is 14.5. The van der Waals surface area contributed by atoms with E-state index in [1.54, 1.807) is 0 Å². The molecule has 0 spiro atoms. The standard InChI is InChI=1S/C15H17N3S/c1-18(2)11-12-3-5-13(6-4-12)17-10-15-8-7-14(9-16)19-15/h3-8,17H,10-11H2,1-2H3. The van der Waals surface area contributed by atoms with Crippen LogP contribution in [0.15, 0.2) is 36.4 Å². The highest BCUT2D eigenvalue weighted by Gasteiger charge is 2.00. The molecular formula is C15H17N3S. The first kappa shape index (κ1) is 13.6. The Labute approximate surface area is 118 Å². The minimum absolute atomic E-state index is 0.762. The molecule has 0 saturated heterocycles. The Morgan fingerprint density at radius 2 is 1.89 bits per heavy atom. The van der Waals surface area contributed by atoms with E-state index in [0.717, 1.165) is 23.7 Å². The molecule has 0 unspecified atom stereocenters. The van der Waals surface area contributed by atoms with E-state index in [2.05, 4.69) is 54.6 Å². The van der Waals surface area contributed by atoms with Crippen molar-refractivity contribution in [1.29, 1.82) is 5.26 Å². The zero-order chi connectivity index (χ0) is 13.7. The van der Waals surface area contributed by atoms with Gasteiger partial charge >= 0.3 is 0 Å². The van der Waals surface area contributed by atoms with Gasteiger partial charge in [-0.15, -0.1) is 11.3 Å². The van der Waals surface area contributed by atoms with Gasteiger partial charge < -0.3 is 10.2 Å². The summed E-state index contributed by atoms with van der Waals surface area (Å²) in [5, 5.41) is 12.1. The van der Waals surface area contributed by atoms with Gasteiger partial charge in [0.05, 0.1) is 0 Å². The molecule has 0 saturated carbocycles. The molecule has 0 aliphatic heterocycles. The zero-order valence-electron chi connectivity index (χ0n) is 11.2. The Bertz CT molecular complexity index is 564. The van der Waals surface area contributed by atoms with E-state index in [9.17, 15) is 0 Å². The highest BCUT2D eigenvalue weighted by Crippen LogP contribution is 2.17. The molecule has 0 atom stereocenters. The number of benzene rings is 1. The summed E-state index contributed by atoms with van der Waals surface area (Å²) in [6.07, 6.45) is 0. The highest BCUT2D eigenvalue weighted by atomic mass is 32.1. The number of anilines is 1. The maximum absolute atomic E-state index is 8.77. The first-order chi connectivity index (χ1) is 9.17. The average molecular weight is 271 g/mol. The van der Waals surface area contributed by atoms with E-state index in [0.29, 0.717) is 0 Å². The van der Waals surface area contributed by atoms with Gasteiger partial charge in [-0.05, 0) is 43.9 Å². The lowest BCUT2D eigenvalue weighted by atomic mass is 10.2. The van der Waals surface area contributed by atoms with Crippen molar-refractivity contribution in [3.8, 4) is 6.07 Å². The Balaban J connectivity index is 1.91. The molecule has 0 bridgehead atoms. The summed E-state index contributed by atoms with van der Waals surface area (Å²) in [5.41, 5.74) is 2.41. The first-order valence-corrected chi connectivity index (χ1v) is 6.95. The SMILES string of the molecule is CN(C)Cc1ccc(NCc2ccc(C#N)s2)cc1. The fourth-order valence-electron chi connectivity index (χ4n) is 1.82. The number of thiophene rings is 1. The van der Waals surface area contributed by atoms with Crippen LogP contribution in [0.4, 0.5) is 5.69 Å². The fraction of sp³-hybridized carbons (Fsp3) is 0.267. The van der Waals surface area contributed by atoms with Crippen LogP contribution in [0.3, 0.4) is 0 Å². The third kappa shape index (κ3) is 4.09. The van der Waals surface area contributed by atoms with Crippen LogP contribution in [-0.4, -0.2) is 19.0 Å². The fourth-order valence-corrected chi connectivity index (χ4v) is 2.56. The molecular weight excluding hydrogens is 254 g/mol. The monoisotopic (exact) mass is 271 g/mol. The second kappa shape index (κ2) is 6.37. The molecule has 0 fully saturated rings. The van der Waals surface area contributed by atoms with Gasteiger partial charge in [-0.25, -0.2) is 0 Å². The van der Waals surface area contributed by atoms with Crippen molar-refractivity contribution >= 4 is 17.0 Å². The van der Waals surface area contributed by atoms with E-state index in [1.165, 1.54) is 21.8 Å².